The third-order valence-electron chi connectivity index (χ3n) is 4.47. The van der Waals surface area contributed by atoms with Crippen LogP contribution in [0.2, 0.25) is 0 Å². The maximum atomic E-state index is 12.9. The average Bonchev–Trinajstić information content (AvgIpc) is 3.36. The number of amides is 2. The molecule has 2 aromatic heterocycles. The molecule has 3 heterocycles. The van der Waals surface area contributed by atoms with E-state index in [4.69, 9.17) is 0 Å². The summed E-state index contributed by atoms with van der Waals surface area (Å²) in [6.07, 6.45) is 1.84. The predicted octanol–water partition coefficient (Wildman–Crippen LogP) is 4.25. The van der Waals surface area contributed by atoms with Crippen LogP contribution >= 0.6 is 22.7 Å². The van der Waals surface area contributed by atoms with E-state index in [1.165, 1.54) is 11.3 Å². The largest absolute Gasteiger partial charge is 0.303 e. The van der Waals surface area contributed by atoms with Gasteiger partial charge in [0.05, 0.1) is 12.0 Å². The monoisotopic (exact) mass is 383 g/mol. The summed E-state index contributed by atoms with van der Waals surface area (Å²) in [5.74, 6) is -0.654. The Morgan fingerprint density at radius 1 is 1.19 bits per heavy atom. The Hall–Kier alpha value is -2.51. The first-order valence-electron chi connectivity index (χ1n) is 8.26. The van der Waals surface area contributed by atoms with Crippen molar-refractivity contribution in [2.45, 2.75) is 19.4 Å². The van der Waals surface area contributed by atoms with Gasteiger partial charge in [0.1, 0.15) is 0 Å². The van der Waals surface area contributed by atoms with Crippen molar-refractivity contribution < 1.29 is 9.59 Å². The Kier molecular flexibility index (Phi) is 4.57. The van der Waals surface area contributed by atoms with Gasteiger partial charge in [-0.2, -0.15) is 0 Å². The number of nitrogens with zero attached hydrogens (tertiary/aromatic N) is 2. The van der Waals surface area contributed by atoms with Crippen molar-refractivity contribution in [2.75, 3.05) is 10.2 Å². The molecule has 0 saturated carbocycles. The van der Waals surface area contributed by atoms with Crippen LogP contribution in [0, 0.1) is 12.8 Å². The number of benzene rings is 1. The number of aryl methyl sites for hydroxylation is 1. The van der Waals surface area contributed by atoms with Crippen LogP contribution in [0.1, 0.15) is 22.9 Å². The minimum atomic E-state index is -0.452. The normalized spacial score (nSPS) is 19.7. The molecule has 0 aliphatic carbocycles. The van der Waals surface area contributed by atoms with Crippen LogP contribution in [0.25, 0.3) is 0 Å². The van der Waals surface area contributed by atoms with Crippen molar-refractivity contribution in [2.24, 2.45) is 5.92 Å². The zero-order valence-electron chi connectivity index (χ0n) is 14.1. The molecule has 1 saturated heterocycles. The van der Waals surface area contributed by atoms with Crippen molar-refractivity contribution in [3.05, 3.63) is 63.8 Å². The highest BCUT2D eigenvalue weighted by Crippen LogP contribution is 2.43. The first-order chi connectivity index (χ1) is 12.6. The number of nitrogens with one attached hydrogen (secondary N) is 1. The molecule has 26 heavy (non-hydrogen) atoms. The van der Waals surface area contributed by atoms with Crippen LogP contribution in [0.3, 0.4) is 0 Å². The van der Waals surface area contributed by atoms with Crippen molar-refractivity contribution in [1.82, 2.24) is 4.98 Å². The quantitative estimate of drug-likeness (QED) is 0.733. The number of hydrogen-bond acceptors (Lipinski definition) is 5. The molecule has 5 nitrogen and oxygen atoms in total. The highest BCUT2D eigenvalue weighted by molar-refractivity contribution is 7.13. The lowest BCUT2D eigenvalue weighted by Gasteiger charge is -2.27. The van der Waals surface area contributed by atoms with Gasteiger partial charge in [0, 0.05) is 28.6 Å². The topological polar surface area (TPSA) is 62.3 Å². The van der Waals surface area contributed by atoms with Gasteiger partial charge in [-0.1, -0.05) is 23.8 Å². The van der Waals surface area contributed by atoms with E-state index in [0.717, 1.165) is 16.1 Å². The molecule has 3 aromatic rings. The molecule has 2 amide bonds. The Balaban J connectivity index is 1.69. The summed E-state index contributed by atoms with van der Waals surface area (Å²) in [5.41, 5.74) is 1.95. The standard InChI is InChI=1S/C19H17N3O2S2/c1-12-4-6-13(7-5-12)22-16(23)11-14(17(22)15-3-2-9-25-15)18(24)21-19-20-8-10-26-19/h2-10,14,17H,11H2,1H3,(H,20,21,24)/t14-,17+/m0/s1. The van der Waals surface area contributed by atoms with Crippen LogP contribution in [0.15, 0.2) is 53.4 Å². The summed E-state index contributed by atoms with van der Waals surface area (Å²) in [6.45, 7) is 2.01. The number of rotatable bonds is 4. The summed E-state index contributed by atoms with van der Waals surface area (Å²) in [4.78, 5) is 32.6. The SMILES string of the molecule is Cc1ccc(N2C(=O)C[C@H](C(=O)Nc3nccs3)[C@@H]2c2cccs2)cc1. The summed E-state index contributed by atoms with van der Waals surface area (Å²) in [6, 6.07) is 11.5. The summed E-state index contributed by atoms with van der Waals surface area (Å²) in [7, 11) is 0. The number of carbonyl (C=O) groups is 2. The molecule has 7 heteroatoms. The van der Waals surface area contributed by atoms with Gasteiger partial charge in [-0.25, -0.2) is 4.98 Å². The van der Waals surface area contributed by atoms with Gasteiger partial charge in [-0.3, -0.25) is 9.59 Å². The van der Waals surface area contributed by atoms with E-state index in [0.29, 0.717) is 5.13 Å². The molecule has 2 atom stereocenters. The number of thiazole rings is 1. The molecule has 132 valence electrons. The number of anilines is 2. The molecule has 1 aliphatic heterocycles. The van der Waals surface area contributed by atoms with Gasteiger partial charge in [0.15, 0.2) is 5.13 Å². The van der Waals surface area contributed by atoms with Gasteiger partial charge in [0.2, 0.25) is 11.8 Å². The van der Waals surface area contributed by atoms with E-state index in [1.807, 2.05) is 54.1 Å². The first-order valence-corrected chi connectivity index (χ1v) is 10.0. The molecule has 1 aliphatic rings. The molecule has 1 fully saturated rings. The second-order valence-corrected chi connectivity index (χ2v) is 8.07. The Morgan fingerprint density at radius 2 is 2.00 bits per heavy atom. The fraction of sp³-hybridized carbons (Fsp3) is 0.211. The maximum absolute atomic E-state index is 12.9. The van der Waals surface area contributed by atoms with E-state index < -0.39 is 5.92 Å². The van der Waals surface area contributed by atoms with E-state index in [1.54, 1.807) is 22.4 Å². The average molecular weight is 383 g/mol. The highest BCUT2D eigenvalue weighted by atomic mass is 32.1. The summed E-state index contributed by atoms with van der Waals surface area (Å²) < 4.78 is 0. The van der Waals surface area contributed by atoms with Crippen LogP contribution in [-0.2, 0) is 9.59 Å². The van der Waals surface area contributed by atoms with E-state index in [9.17, 15) is 9.59 Å². The van der Waals surface area contributed by atoms with E-state index >= 15 is 0 Å². The molecule has 0 radical (unpaired) electrons. The van der Waals surface area contributed by atoms with Crippen LogP contribution in [0.4, 0.5) is 10.8 Å². The lowest BCUT2D eigenvalue weighted by atomic mass is 9.97. The zero-order valence-corrected chi connectivity index (χ0v) is 15.7. The lowest BCUT2D eigenvalue weighted by molar-refractivity contribution is -0.122. The van der Waals surface area contributed by atoms with Crippen molar-refractivity contribution in [3.8, 4) is 0 Å². The third kappa shape index (κ3) is 3.15. The second kappa shape index (κ2) is 7.01. The van der Waals surface area contributed by atoms with Crippen molar-refractivity contribution in [3.63, 3.8) is 0 Å². The van der Waals surface area contributed by atoms with Crippen molar-refractivity contribution >= 4 is 45.3 Å². The maximum Gasteiger partial charge on any atom is 0.232 e. The number of hydrogen-bond donors (Lipinski definition) is 1. The highest BCUT2D eigenvalue weighted by Gasteiger charge is 2.45. The minimum Gasteiger partial charge on any atom is -0.303 e. The predicted molar refractivity (Wildman–Crippen MR) is 105 cm³/mol. The smallest absolute Gasteiger partial charge is 0.232 e. The number of thiophene rings is 1. The van der Waals surface area contributed by atoms with E-state index in [-0.39, 0.29) is 24.3 Å². The zero-order chi connectivity index (χ0) is 18.1. The third-order valence-corrected chi connectivity index (χ3v) is 6.10. The summed E-state index contributed by atoms with van der Waals surface area (Å²) >= 11 is 2.94. The van der Waals surface area contributed by atoms with Gasteiger partial charge in [0.25, 0.3) is 0 Å². The van der Waals surface area contributed by atoms with Gasteiger partial charge in [-0.15, -0.1) is 22.7 Å². The molecule has 0 spiro atoms. The molecule has 0 unspecified atom stereocenters. The van der Waals surface area contributed by atoms with Gasteiger partial charge in [-0.05, 0) is 30.5 Å². The second-order valence-electron chi connectivity index (χ2n) is 6.20. The Bertz CT molecular complexity index is 905. The molecule has 4 rings (SSSR count). The Labute approximate surface area is 159 Å². The Morgan fingerprint density at radius 3 is 2.65 bits per heavy atom. The van der Waals surface area contributed by atoms with Gasteiger partial charge >= 0.3 is 0 Å². The fourth-order valence-corrected chi connectivity index (χ4v) is 4.66. The number of aromatic nitrogens is 1. The first kappa shape index (κ1) is 16.9. The van der Waals surface area contributed by atoms with E-state index in [2.05, 4.69) is 10.3 Å². The number of carbonyl (C=O) groups excluding carboxylic acids is 2. The van der Waals surface area contributed by atoms with Gasteiger partial charge < -0.3 is 10.2 Å². The fourth-order valence-electron chi connectivity index (χ4n) is 3.25. The molecular formula is C19H17N3O2S2. The molecule has 0 bridgehead atoms. The molecule has 1 N–H and O–H groups in total. The van der Waals surface area contributed by atoms with Crippen molar-refractivity contribution in [1.29, 1.82) is 0 Å². The summed E-state index contributed by atoms with van der Waals surface area (Å²) in [5, 5.41) is 7.19. The van der Waals surface area contributed by atoms with Crippen LogP contribution in [-0.4, -0.2) is 16.8 Å². The minimum absolute atomic E-state index is 0.0356. The molecular weight excluding hydrogens is 366 g/mol. The van der Waals surface area contributed by atoms with Crippen LogP contribution < -0.4 is 10.2 Å². The molecule has 1 aromatic carbocycles. The lowest BCUT2D eigenvalue weighted by Crippen LogP contribution is -2.31. The van der Waals surface area contributed by atoms with Crippen LogP contribution in [0.5, 0.6) is 0 Å².